The number of rotatable bonds is 7. The molecule has 2 heterocycles. The number of aryl methyl sites for hydroxylation is 1. The Morgan fingerprint density at radius 3 is 2.69 bits per heavy atom. The molecule has 2 aromatic rings. The van der Waals surface area contributed by atoms with Crippen LogP contribution in [0.4, 0.5) is 0 Å². The van der Waals surface area contributed by atoms with E-state index in [2.05, 4.69) is 20.1 Å². The fourth-order valence-corrected chi connectivity index (χ4v) is 8.27. The molecule has 0 bridgehead atoms. The molecule has 3 unspecified atom stereocenters. The Hall–Kier alpha value is -2.20. The fraction of sp³-hybridized carbons (Fsp3) is 0.391. The van der Waals surface area contributed by atoms with Gasteiger partial charge in [-0.1, -0.05) is 18.9 Å². The lowest BCUT2D eigenvalue weighted by atomic mass is 9.86. The van der Waals surface area contributed by atoms with Crippen molar-refractivity contribution in [2.75, 3.05) is 12.9 Å². The number of nitrogens with zero attached hydrogens (tertiary/aromatic N) is 2. The topological polar surface area (TPSA) is 107 Å². The van der Waals surface area contributed by atoms with Crippen LogP contribution in [0.1, 0.15) is 36.8 Å². The summed E-state index contributed by atoms with van der Waals surface area (Å²) in [5, 5.41) is 8.83. The standard InChI is InChI=1S/C23H30N4O3S2/c1-17-7-8-22(30-2)23(13-17)32(28,29)27-20-6-4-3-5-19(20)14-31(24)15-21(26-16-31)18-9-11-25-12-10-18/h7-13,15-16,19-20,27H,3-6,14,24H2,1-2H3. The largest absolute Gasteiger partial charge is 0.495 e. The number of nitrogens with one attached hydrogen (secondary N) is 1. The van der Waals surface area contributed by atoms with Crippen molar-refractivity contribution in [3.8, 4) is 5.75 Å². The van der Waals surface area contributed by atoms with Gasteiger partial charge in [0.25, 0.3) is 0 Å². The third-order valence-corrected chi connectivity index (χ3v) is 9.70. The highest BCUT2D eigenvalue weighted by Crippen LogP contribution is 2.49. The number of sulfonamides is 1. The normalized spacial score (nSPS) is 27.5. The van der Waals surface area contributed by atoms with Gasteiger partial charge < -0.3 is 4.74 Å². The Balaban J connectivity index is 1.53. The molecule has 0 radical (unpaired) electrons. The molecule has 7 nitrogen and oxygen atoms in total. The molecule has 0 amide bonds. The molecule has 4 rings (SSSR count). The van der Waals surface area contributed by atoms with Gasteiger partial charge in [-0.2, -0.15) is 0 Å². The van der Waals surface area contributed by atoms with Crippen molar-refractivity contribution < 1.29 is 13.2 Å². The molecule has 2 aliphatic rings. The average Bonchev–Trinajstić information content (AvgIpc) is 3.17. The number of hydrogen-bond donors (Lipinski definition) is 2. The summed E-state index contributed by atoms with van der Waals surface area (Å²) in [5.41, 5.74) is 4.59. The van der Waals surface area contributed by atoms with Gasteiger partial charge in [0.2, 0.25) is 10.0 Å². The minimum absolute atomic E-state index is 0.147. The summed E-state index contributed by atoms with van der Waals surface area (Å²) in [7, 11) is -3.95. The van der Waals surface area contributed by atoms with Gasteiger partial charge in [0.05, 0.1) is 18.4 Å². The molecular formula is C23H30N4O3S2. The molecular weight excluding hydrogens is 444 g/mol. The quantitative estimate of drug-likeness (QED) is 0.632. The van der Waals surface area contributed by atoms with Gasteiger partial charge in [-0.05, 0) is 60.9 Å². The lowest BCUT2D eigenvalue weighted by molar-refractivity contribution is 0.314. The Bertz CT molecular complexity index is 1140. The van der Waals surface area contributed by atoms with Crippen LogP contribution in [-0.2, 0) is 10.0 Å². The van der Waals surface area contributed by atoms with E-state index >= 15 is 0 Å². The van der Waals surface area contributed by atoms with Gasteiger partial charge in [0.1, 0.15) is 10.6 Å². The van der Waals surface area contributed by atoms with E-state index in [9.17, 15) is 8.42 Å². The van der Waals surface area contributed by atoms with Crippen molar-refractivity contribution >= 4 is 31.5 Å². The zero-order valence-corrected chi connectivity index (χ0v) is 20.0. The van der Waals surface area contributed by atoms with Crippen molar-refractivity contribution in [3.05, 3.63) is 59.3 Å². The van der Waals surface area contributed by atoms with Gasteiger partial charge in [-0.25, -0.2) is 18.1 Å². The zero-order chi connectivity index (χ0) is 22.8. The number of aromatic nitrogens is 1. The van der Waals surface area contributed by atoms with Crippen LogP contribution in [-0.4, -0.2) is 37.9 Å². The summed E-state index contributed by atoms with van der Waals surface area (Å²) in [5.74, 6) is 1.21. The van der Waals surface area contributed by atoms with Crippen molar-refractivity contribution in [1.82, 2.24) is 9.71 Å². The Morgan fingerprint density at radius 2 is 1.94 bits per heavy atom. The molecule has 3 atom stereocenters. The highest BCUT2D eigenvalue weighted by Gasteiger charge is 2.35. The molecule has 1 aliphatic heterocycles. The first kappa shape index (κ1) is 23.0. The number of ether oxygens (including phenoxy) is 1. The summed E-state index contributed by atoms with van der Waals surface area (Å²) in [6.45, 7) is 1.87. The minimum atomic E-state index is -3.73. The first-order chi connectivity index (χ1) is 15.3. The molecule has 1 aromatic carbocycles. The van der Waals surface area contributed by atoms with E-state index < -0.39 is 20.2 Å². The second-order valence-corrected chi connectivity index (χ2v) is 12.8. The third-order valence-electron chi connectivity index (χ3n) is 6.02. The average molecular weight is 475 g/mol. The third kappa shape index (κ3) is 5.06. The van der Waals surface area contributed by atoms with Crippen molar-refractivity contribution in [1.29, 1.82) is 0 Å². The maximum Gasteiger partial charge on any atom is 0.244 e. The van der Waals surface area contributed by atoms with Crippen LogP contribution in [0.5, 0.6) is 5.75 Å². The van der Waals surface area contributed by atoms with E-state index in [-0.39, 0.29) is 16.9 Å². The summed E-state index contributed by atoms with van der Waals surface area (Å²) < 4.78 is 34.8. The summed E-state index contributed by atoms with van der Waals surface area (Å²) in [6, 6.07) is 8.86. The smallest absolute Gasteiger partial charge is 0.244 e. The van der Waals surface area contributed by atoms with Crippen molar-refractivity contribution in [3.63, 3.8) is 0 Å². The van der Waals surface area contributed by atoms with Crippen molar-refractivity contribution in [2.24, 2.45) is 16.0 Å². The molecule has 1 aromatic heterocycles. The second kappa shape index (κ2) is 9.35. The first-order valence-electron chi connectivity index (χ1n) is 10.7. The molecule has 172 valence electrons. The summed E-state index contributed by atoms with van der Waals surface area (Å²) in [6.07, 6.45) is 7.28. The lowest BCUT2D eigenvalue weighted by Crippen LogP contribution is -2.44. The Kier molecular flexibility index (Phi) is 6.71. The number of pyridine rings is 1. The van der Waals surface area contributed by atoms with Crippen LogP contribution in [0.2, 0.25) is 0 Å². The maximum atomic E-state index is 13.3. The maximum absolute atomic E-state index is 13.3. The van der Waals surface area contributed by atoms with E-state index in [1.807, 2.05) is 30.7 Å². The zero-order valence-electron chi connectivity index (χ0n) is 18.4. The molecule has 32 heavy (non-hydrogen) atoms. The predicted molar refractivity (Wildman–Crippen MR) is 131 cm³/mol. The number of methoxy groups -OCH3 is 1. The van der Waals surface area contributed by atoms with Crippen LogP contribution >= 0.6 is 10.2 Å². The van der Waals surface area contributed by atoms with Gasteiger partial charge >= 0.3 is 0 Å². The number of hydrogen-bond acceptors (Lipinski definition) is 6. The summed E-state index contributed by atoms with van der Waals surface area (Å²) in [4.78, 5) is 8.81. The van der Waals surface area contributed by atoms with Crippen LogP contribution in [0.25, 0.3) is 5.70 Å². The van der Waals surface area contributed by atoms with Crippen LogP contribution in [0.15, 0.2) is 58.0 Å². The number of nitrogens with two attached hydrogens (primary N) is 1. The SMILES string of the molecule is COc1ccc(C)cc1S(=O)(=O)NC1CCCCC1CS1(N)C=NC(c2ccncc2)=C1. The van der Waals surface area contributed by atoms with Gasteiger partial charge in [-0.15, -0.1) is 10.2 Å². The van der Waals surface area contributed by atoms with E-state index in [0.29, 0.717) is 11.5 Å². The van der Waals surface area contributed by atoms with Gasteiger partial charge in [0, 0.05) is 29.8 Å². The molecule has 0 spiro atoms. The van der Waals surface area contributed by atoms with E-state index in [1.54, 1.807) is 24.5 Å². The lowest BCUT2D eigenvalue weighted by Gasteiger charge is -2.37. The van der Waals surface area contributed by atoms with E-state index in [1.165, 1.54) is 7.11 Å². The molecule has 9 heteroatoms. The van der Waals surface area contributed by atoms with Crippen LogP contribution < -0.4 is 14.6 Å². The molecule has 0 saturated heterocycles. The van der Waals surface area contributed by atoms with Gasteiger partial charge in [0.15, 0.2) is 0 Å². The number of aliphatic imine (C=N–C) groups is 1. The highest BCUT2D eigenvalue weighted by molar-refractivity contribution is 8.44. The minimum Gasteiger partial charge on any atom is -0.495 e. The summed E-state index contributed by atoms with van der Waals surface area (Å²) >= 11 is 0. The van der Waals surface area contributed by atoms with Crippen LogP contribution in [0.3, 0.4) is 0 Å². The molecule has 1 saturated carbocycles. The Labute approximate surface area is 191 Å². The Morgan fingerprint density at radius 1 is 1.19 bits per heavy atom. The second-order valence-electron chi connectivity index (χ2n) is 8.48. The van der Waals surface area contributed by atoms with Gasteiger partial charge in [-0.3, -0.25) is 10.1 Å². The highest BCUT2D eigenvalue weighted by atomic mass is 32.3. The van der Waals surface area contributed by atoms with E-state index in [4.69, 9.17) is 9.88 Å². The monoisotopic (exact) mass is 474 g/mol. The predicted octanol–water partition coefficient (Wildman–Crippen LogP) is 3.95. The van der Waals surface area contributed by atoms with Crippen LogP contribution in [0, 0.1) is 12.8 Å². The molecule has 3 N–H and O–H groups in total. The fourth-order valence-electron chi connectivity index (χ4n) is 4.37. The van der Waals surface area contributed by atoms with Crippen molar-refractivity contribution in [2.45, 2.75) is 43.5 Å². The van der Waals surface area contributed by atoms with E-state index in [0.717, 1.165) is 42.5 Å². The molecule has 1 fully saturated rings. The number of benzene rings is 1. The first-order valence-corrected chi connectivity index (χ1v) is 14.2. The molecule has 1 aliphatic carbocycles.